The summed E-state index contributed by atoms with van der Waals surface area (Å²) < 4.78 is 3.70. The predicted octanol–water partition coefficient (Wildman–Crippen LogP) is 1.89. The smallest absolute Gasteiger partial charge is 0.357 e. The molecule has 1 N–H and O–H groups in total. The third-order valence-corrected chi connectivity index (χ3v) is 3.33. The standard InChI is InChI=1S/C8H10N2O2S/c11-8(12)6-7(13-10-9-6)5-3-1-2-4-5/h5H,1-4H2,(H,11,12). The van der Waals surface area contributed by atoms with Gasteiger partial charge in [-0.05, 0) is 30.3 Å². The number of carboxylic acid groups (broad SMARTS) is 1. The largest absolute Gasteiger partial charge is 0.476 e. The van der Waals surface area contributed by atoms with E-state index in [9.17, 15) is 4.79 Å². The molecule has 70 valence electrons. The summed E-state index contributed by atoms with van der Waals surface area (Å²) in [5.41, 5.74) is 0.164. The van der Waals surface area contributed by atoms with Crippen molar-refractivity contribution in [2.24, 2.45) is 0 Å². The molecule has 1 aliphatic carbocycles. The summed E-state index contributed by atoms with van der Waals surface area (Å²) >= 11 is 1.23. The van der Waals surface area contributed by atoms with E-state index in [2.05, 4.69) is 9.59 Å². The molecule has 2 rings (SSSR count). The molecule has 1 aromatic heterocycles. The SMILES string of the molecule is O=C(O)c1nnsc1C1CCCC1. The second kappa shape index (κ2) is 3.41. The maximum atomic E-state index is 10.7. The molecule has 13 heavy (non-hydrogen) atoms. The number of aromatic carboxylic acids is 1. The Morgan fingerprint density at radius 1 is 1.46 bits per heavy atom. The van der Waals surface area contributed by atoms with Crippen molar-refractivity contribution in [2.45, 2.75) is 31.6 Å². The zero-order valence-electron chi connectivity index (χ0n) is 7.06. The first-order valence-corrected chi connectivity index (χ1v) is 5.12. The second-order valence-electron chi connectivity index (χ2n) is 3.27. The Balaban J connectivity index is 2.28. The minimum absolute atomic E-state index is 0.164. The van der Waals surface area contributed by atoms with Gasteiger partial charge in [0.15, 0.2) is 5.69 Å². The monoisotopic (exact) mass is 198 g/mol. The number of rotatable bonds is 2. The van der Waals surface area contributed by atoms with Crippen molar-refractivity contribution < 1.29 is 9.90 Å². The molecule has 0 aliphatic heterocycles. The maximum absolute atomic E-state index is 10.7. The van der Waals surface area contributed by atoms with Gasteiger partial charge in [-0.1, -0.05) is 17.3 Å². The average Bonchev–Trinajstić information content (AvgIpc) is 2.74. The molecule has 0 spiro atoms. The molecule has 0 radical (unpaired) electrons. The topological polar surface area (TPSA) is 63.1 Å². The van der Waals surface area contributed by atoms with Crippen molar-refractivity contribution in [3.05, 3.63) is 10.6 Å². The highest BCUT2D eigenvalue weighted by Gasteiger charge is 2.25. The molecule has 1 saturated carbocycles. The Kier molecular flexibility index (Phi) is 2.26. The van der Waals surface area contributed by atoms with Gasteiger partial charge in [0.25, 0.3) is 0 Å². The van der Waals surface area contributed by atoms with Gasteiger partial charge in [-0.25, -0.2) is 4.79 Å². The number of carboxylic acids is 1. The van der Waals surface area contributed by atoms with Crippen molar-refractivity contribution in [2.75, 3.05) is 0 Å². The van der Waals surface area contributed by atoms with Gasteiger partial charge in [-0.2, -0.15) is 0 Å². The van der Waals surface area contributed by atoms with E-state index in [1.165, 1.54) is 24.4 Å². The highest BCUT2D eigenvalue weighted by Crippen LogP contribution is 2.36. The lowest BCUT2D eigenvalue weighted by molar-refractivity contribution is 0.0689. The molecule has 0 bridgehead atoms. The molecule has 0 amide bonds. The Bertz CT molecular complexity index is 318. The first-order chi connectivity index (χ1) is 6.29. The van der Waals surface area contributed by atoms with Gasteiger partial charge >= 0.3 is 5.97 Å². The highest BCUT2D eigenvalue weighted by atomic mass is 32.1. The molecule has 1 aliphatic rings. The van der Waals surface area contributed by atoms with Crippen molar-refractivity contribution >= 4 is 17.5 Å². The van der Waals surface area contributed by atoms with E-state index in [1.807, 2.05) is 0 Å². The summed E-state index contributed by atoms with van der Waals surface area (Å²) in [5.74, 6) is -0.554. The first-order valence-electron chi connectivity index (χ1n) is 4.34. The van der Waals surface area contributed by atoms with E-state index in [0.29, 0.717) is 5.92 Å². The number of hydrogen-bond donors (Lipinski definition) is 1. The Morgan fingerprint density at radius 2 is 2.15 bits per heavy atom. The van der Waals surface area contributed by atoms with Crippen molar-refractivity contribution in [1.82, 2.24) is 9.59 Å². The lowest BCUT2D eigenvalue weighted by Gasteiger charge is -2.04. The predicted molar refractivity (Wildman–Crippen MR) is 48.1 cm³/mol. The zero-order chi connectivity index (χ0) is 9.26. The highest BCUT2D eigenvalue weighted by molar-refractivity contribution is 7.05. The summed E-state index contributed by atoms with van der Waals surface area (Å²) in [5, 5.41) is 12.4. The van der Waals surface area contributed by atoms with Crippen LogP contribution in [0, 0.1) is 0 Å². The van der Waals surface area contributed by atoms with Gasteiger partial charge in [0, 0.05) is 0 Å². The van der Waals surface area contributed by atoms with Crippen LogP contribution in [0.15, 0.2) is 0 Å². The van der Waals surface area contributed by atoms with Gasteiger partial charge in [0.1, 0.15) is 0 Å². The summed E-state index contributed by atoms with van der Waals surface area (Å²) in [7, 11) is 0. The summed E-state index contributed by atoms with van der Waals surface area (Å²) in [6, 6.07) is 0. The van der Waals surface area contributed by atoms with Gasteiger partial charge < -0.3 is 5.11 Å². The fraction of sp³-hybridized carbons (Fsp3) is 0.625. The van der Waals surface area contributed by atoms with Crippen LogP contribution in [-0.2, 0) is 0 Å². The van der Waals surface area contributed by atoms with Gasteiger partial charge in [-0.15, -0.1) is 5.10 Å². The molecule has 1 aromatic rings. The lowest BCUT2D eigenvalue weighted by Crippen LogP contribution is -2.03. The minimum Gasteiger partial charge on any atom is -0.476 e. The van der Waals surface area contributed by atoms with Gasteiger partial charge in [0.05, 0.1) is 4.88 Å². The molecule has 1 heterocycles. The minimum atomic E-state index is -0.948. The first kappa shape index (κ1) is 8.62. The average molecular weight is 198 g/mol. The second-order valence-corrected chi connectivity index (χ2v) is 4.06. The van der Waals surface area contributed by atoms with Crippen molar-refractivity contribution in [1.29, 1.82) is 0 Å². The molecule has 4 nitrogen and oxygen atoms in total. The van der Waals surface area contributed by atoms with Crippen LogP contribution in [0.2, 0.25) is 0 Å². The van der Waals surface area contributed by atoms with Crippen LogP contribution in [0.3, 0.4) is 0 Å². The van der Waals surface area contributed by atoms with Crippen LogP contribution in [0.25, 0.3) is 0 Å². The fourth-order valence-electron chi connectivity index (χ4n) is 1.80. The molecule has 0 unspecified atom stereocenters. The number of nitrogens with zero attached hydrogens (tertiary/aromatic N) is 2. The maximum Gasteiger partial charge on any atom is 0.357 e. The summed E-state index contributed by atoms with van der Waals surface area (Å²) in [6.07, 6.45) is 4.57. The van der Waals surface area contributed by atoms with E-state index < -0.39 is 5.97 Å². The molecule has 0 atom stereocenters. The quantitative estimate of drug-likeness (QED) is 0.788. The van der Waals surface area contributed by atoms with Crippen LogP contribution in [0.5, 0.6) is 0 Å². The third kappa shape index (κ3) is 1.56. The Labute approximate surface area is 79.8 Å². The summed E-state index contributed by atoms with van der Waals surface area (Å²) in [4.78, 5) is 11.6. The summed E-state index contributed by atoms with van der Waals surface area (Å²) in [6.45, 7) is 0. The molecule has 0 saturated heterocycles. The van der Waals surface area contributed by atoms with Crippen LogP contribution < -0.4 is 0 Å². The Hall–Kier alpha value is -0.970. The van der Waals surface area contributed by atoms with Crippen molar-refractivity contribution in [3.8, 4) is 0 Å². The molecular formula is C8H10N2O2S. The molecule has 0 aromatic carbocycles. The number of carbonyl (C=O) groups is 1. The Morgan fingerprint density at radius 3 is 2.77 bits per heavy atom. The van der Waals surface area contributed by atoms with Crippen LogP contribution in [0.1, 0.15) is 47.0 Å². The van der Waals surface area contributed by atoms with Gasteiger partial charge in [0.2, 0.25) is 0 Å². The lowest BCUT2D eigenvalue weighted by atomic mass is 10.1. The van der Waals surface area contributed by atoms with Crippen LogP contribution in [0.4, 0.5) is 0 Å². The van der Waals surface area contributed by atoms with E-state index in [0.717, 1.165) is 17.7 Å². The van der Waals surface area contributed by atoms with Crippen molar-refractivity contribution in [3.63, 3.8) is 0 Å². The fourth-order valence-corrected chi connectivity index (χ4v) is 2.61. The van der Waals surface area contributed by atoms with E-state index >= 15 is 0 Å². The van der Waals surface area contributed by atoms with E-state index in [1.54, 1.807) is 0 Å². The number of aromatic nitrogens is 2. The van der Waals surface area contributed by atoms with Crippen LogP contribution >= 0.6 is 11.5 Å². The van der Waals surface area contributed by atoms with E-state index in [-0.39, 0.29) is 5.69 Å². The van der Waals surface area contributed by atoms with Gasteiger partial charge in [-0.3, -0.25) is 0 Å². The van der Waals surface area contributed by atoms with Crippen LogP contribution in [-0.4, -0.2) is 20.7 Å². The third-order valence-electron chi connectivity index (χ3n) is 2.44. The zero-order valence-corrected chi connectivity index (χ0v) is 7.88. The molecular weight excluding hydrogens is 188 g/mol. The molecule has 5 heteroatoms. The normalized spacial score (nSPS) is 17.8. The number of hydrogen-bond acceptors (Lipinski definition) is 4. The molecule has 1 fully saturated rings. The van der Waals surface area contributed by atoms with E-state index in [4.69, 9.17) is 5.11 Å².